The fourth-order valence-electron chi connectivity index (χ4n) is 6.07. The first kappa shape index (κ1) is 26.5. The molecule has 1 spiro atoms. The summed E-state index contributed by atoms with van der Waals surface area (Å²) in [6, 6.07) is -2.30. The Kier molecular flexibility index (Phi) is 6.91. The Bertz CT molecular complexity index is 948. The number of hydrogen-bond acceptors (Lipinski definition) is 8. The van der Waals surface area contributed by atoms with Crippen LogP contribution in [0.5, 0.6) is 0 Å². The number of carbonyl (C=O) groups excluding carboxylic acids is 3. The van der Waals surface area contributed by atoms with E-state index in [1.807, 2.05) is 0 Å². The van der Waals surface area contributed by atoms with Gasteiger partial charge < -0.3 is 14.6 Å². The maximum atomic E-state index is 13.8. The average Bonchev–Trinajstić information content (AvgIpc) is 3.13. The number of fused-ring (bicyclic) bond motifs is 1. The number of hydrogen-bond donors (Lipinski definition) is 2. The third-order valence-corrected chi connectivity index (χ3v) is 9.62. The molecule has 2 N–H and O–H groups in total. The van der Waals surface area contributed by atoms with Crippen molar-refractivity contribution in [3.63, 3.8) is 0 Å². The van der Waals surface area contributed by atoms with Gasteiger partial charge in [0.1, 0.15) is 0 Å². The van der Waals surface area contributed by atoms with Crippen molar-refractivity contribution in [2.24, 2.45) is 16.7 Å². The zero-order valence-corrected chi connectivity index (χ0v) is 21.7. The van der Waals surface area contributed by atoms with Gasteiger partial charge in [0.15, 0.2) is 6.04 Å². The highest BCUT2D eigenvalue weighted by Gasteiger charge is 2.72. The van der Waals surface area contributed by atoms with Crippen LogP contribution in [0.1, 0.15) is 67.7 Å². The van der Waals surface area contributed by atoms with Crippen molar-refractivity contribution < 1.29 is 37.4 Å². The molecule has 5 atom stereocenters. The first-order chi connectivity index (χ1) is 15.5. The lowest BCUT2D eigenvalue weighted by molar-refractivity contribution is -0.139. The number of aliphatic hydroxyl groups is 1. The third-order valence-electron chi connectivity index (χ3n) is 7.70. The molecule has 1 saturated heterocycles. The Balaban J connectivity index is 1.99. The van der Waals surface area contributed by atoms with E-state index in [0.29, 0.717) is 17.9 Å². The molecule has 194 valence electrons. The number of sulfonamides is 1. The summed E-state index contributed by atoms with van der Waals surface area (Å²) >= 11 is 0. The summed E-state index contributed by atoms with van der Waals surface area (Å²) in [5.41, 5.74) is 1.32. The van der Waals surface area contributed by atoms with Gasteiger partial charge in [0.05, 0.1) is 30.1 Å². The number of carbonyl (C=O) groups is 3. The van der Waals surface area contributed by atoms with E-state index >= 15 is 0 Å². The minimum Gasteiger partial charge on any atom is -0.446 e. The summed E-state index contributed by atoms with van der Waals surface area (Å²) < 4.78 is 37.7. The summed E-state index contributed by atoms with van der Waals surface area (Å²) in [7, 11) is -4.02. The highest BCUT2D eigenvalue weighted by molar-refractivity contribution is 7.90. The number of nitrogens with one attached hydrogen (secondary N) is 1. The van der Waals surface area contributed by atoms with Gasteiger partial charge in [-0.2, -0.15) is 0 Å². The fourth-order valence-corrected chi connectivity index (χ4v) is 8.62. The predicted octanol–water partition coefficient (Wildman–Crippen LogP) is 2.00. The molecule has 3 fully saturated rings. The van der Waals surface area contributed by atoms with Gasteiger partial charge in [-0.3, -0.25) is 4.79 Å². The molecule has 2 bridgehead atoms. The van der Waals surface area contributed by atoms with Crippen LogP contribution in [-0.4, -0.2) is 77.1 Å². The van der Waals surface area contributed by atoms with Gasteiger partial charge in [-0.05, 0) is 65.2 Å². The number of ether oxygens (including phenoxy) is 2. The van der Waals surface area contributed by atoms with E-state index in [9.17, 15) is 27.9 Å². The van der Waals surface area contributed by atoms with Gasteiger partial charge in [-0.15, -0.1) is 0 Å². The molecule has 0 aromatic carbocycles. The maximum absolute atomic E-state index is 13.8. The van der Waals surface area contributed by atoms with Gasteiger partial charge in [-0.1, -0.05) is 13.8 Å². The van der Waals surface area contributed by atoms with Crippen molar-refractivity contribution in [3.8, 4) is 0 Å². The van der Waals surface area contributed by atoms with E-state index in [1.54, 1.807) is 27.7 Å². The lowest BCUT2D eigenvalue weighted by Gasteiger charge is -2.39. The van der Waals surface area contributed by atoms with Crippen molar-refractivity contribution in [3.05, 3.63) is 0 Å². The summed E-state index contributed by atoms with van der Waals surface area (Å²) in [5.74, 6) is -0.869. The number of rotatable bonds is 5. The van der Waals surface area contributed by atoms with Gasteiger partial charge in [0.25, 0.3) is 5.91 Å². The molecule has 1 heterocycles. The normalized spacial score (nSPS) is 30.1. The molecule has 0 radical (unpaired) electrons. The molecule has 0 aromatic rings. The van der Waals surface area contributed by atoms with Gasteiger partial charge >= 0.3 is 12.2 Å². The highest BCUT2D eigenvalue weighted by atomic mass is 32.2. The molecule has 3 rings (SSSR count). The van der Waals surface area contributed by atoms with Crippen LogP contribution in [0.25, 0.3) is 0 Å². The predicted molar refractivity (Wildman–Crippen MR) is 122 cm³/mol. The zero-order valence-electron chi connectivity index (χ0n) is 20.9. The van der Waals surface area contributed by atoms with E-state index in [2.05, 4.69) is 19.3 Å². The van der Waals surface area contributed by atoms with Crippen LogP contribution in [0.15, 0.2) is 0 Å². The van der Waals surface area contributed by atoms with E-state index in [4.69, 9.17) is 9.47 Å². The van der Waals surface area contributed by atoms with Crippen LogP contribution in [0.3, 0.4) is 0 Å². The molecule has 34 heavy (non-hydrogen) atoms. The zero-order chi connectivity index (χ0) is 25.8. The Morgan fingerprint density at radius 1 is 1.09 bits per heavy atom. The second-order valence-corrected chi connectivity index (χ2v) is 12.7. The molecular weight excluding hydrogens is 466 g/mol. The van der Waals surface area contributed by atoms with Crippen molar-refractivity contribution in [2.75, 3.05) is 5.75 Å². The number of hydrazine groups is 1. The van der Waals surface area contributed by atoms with Crippen LogP contribution >= 0.6 is 0 Å². The quantitative estimate of drug-likeness (QED) is 0.543. The van der Waals surface area contributed by atoms with Gasteiger partial charge in [0, 0.05) is 5.41 Å². The number of amides is 3. The topological polar surface area (TPSA) is 143 Å². The largest absolute Gasteiger partial charge is 0.446 e. The van der Waals surface area contributed by atoms with Crippen LogP contribution in [0.4, 0.5) is 9.59 Å². The first-order valence-corrected chi connectivity index (χ1v) is 13.4. The minimum atomic E-state index is -4.02. The summed E-state index contributed by atoms with van der Waals surface area (Å²) in [6.45, 7) is 11.7. The van der Waals surface area contributed by atoms with Crippen LogP contribution < -0.4 is 5.43 Å². The number of aliphatic hydroxyl groups excluding tert-OH is 1. The molecule has 3 aliphatic rings. The van der Waals surface area contributed by atoms with Crippen molar-refractivity contribution in [2.45, 2.75) is 98.1 Å². The Morgan fingerprint density at radius 3 is 2.18 bits per heavy atom. The fraction of sp³-hybridized carbons (Fsp3) is 0.864. The standard InChI is InChI=1S/C22H37N3O8S/c1-12(2)32-19(28)23-24(20(29)33-13(3)4)17(14(5)26)18(27)25-16-10-15-8-9-22(16,21(15,6)7)11-34(25,30)31/h12-17,26H,8-11H2,1-7H3,(H,23,28)/t14-,15?,16-,17+,22?/m1/s1. The summed E-state index contributed by atoms with van der Waals surface area (Å²) in [6.07, 6.45) is -2.70. The molecule has 3 amide bonds. The van der Waals surface area contributed by atoms with Crippen molar-refractivity contribution in [1.82, 2.24) is 14.7 Å². The molecule has 2 unspecified atom stereocenters. The molecule has 1 aliphatic heterocycles. The average molecular weight is 504 g/mol. The summed E-state index contributed by atoms with van der Waals surface area (Å²) in [5, 5.41) is 11.1. The lowest BCUT2D eigenvalue weighted by Crippen LogP contribution is -2.63. The highest BCUT2D eigenvalue weighted by Crippen LogP contribution is 2.70. The molecule has 12 heteroatoms. The second-order valence-electron chi connectivity index (χ2n) is 10.8. The van der Waals surface area contributed by atoms with Crippen LogP contribution in [0.2, 0.25) is 0 Å². The number of nitrogens with zero attached hydrogens (tertiary/aromatic N) is 2. The molecule has 2 saturated carbocycles. The third kappa shape index (κ3) is 4.23. The Morgan fingerprint density at radius 2 is 1.68 bits per heavy atom. The van der Waals surface area contributed by atoms with E-state index < -0.39 is 63.9 Å². The maximum Gasteiger partial charge on any atom is 0.429 e. The molecular formula is C22H37N3O8S. The monoisotopic (exact) mass is 503 g/mol. The van der Waals surface area contributed by atoms with E-state index in [-0.39, 0.29) is 17.1 Å². The Hall–Kier alpha value is -2.08. The molecule has 0 aromatic heterocycles. The van der Waals surface area contributed by atoms with Crippen LogP contribution in [0, 0.1) is 16.7 Å². The smallest absolute Gasteiger partial charge is 0.429 e. The minimum absolute atomic E-state index is 0.161. The van der Waals surface area contributed by atoms with E-state index in [1.165, 1.54) is 6.92 Å². The first-order valence-electron chi connectivity index (χ1n) is 11.8. The van der Waals surface area contributed by atoms with Crippen LogP contribution in [-0.2, 0) is 24.3 Å². The lowest BCUT2D eigenvalue weighted by atomic mass is 9.69. The molecule has 2 aliphatic carbocycles. The SMILES string of the molecule is CC(C)OC(=O)NN(C(=O)OC(C)C)[C@H](C(=O)N1[C@@H]2CC3CCC2(CS1(=O)=O)C3(C)C)[C@@H](C)O. The van der Waals surface area contributed by atoms with Crippen molar-refractivity contribution in [1.29, 1.82) is 0 Å². The molecule has 11 nitrogen and oxygen atoms in total. The van der Waals surface area contributed by atoms with Gasteiger partial charge in [0.2, 0.25) is 10.0 Å². The van der Waals surface area contributed by atoms with Crippen molar-refractivity contribution >= 4 is 28.1 Å². The summed E-state index contributed by atoms with van der Waals surface area (Å²) in [4.78, 5) is 39.0. The van der Waals surface area contributed by atoms with Gasteiger partial charge in [-0.25, -0.2) is 32.7 Å². The van der Waals surface area contributed by atoms with E-state index in [0.717, 1.165) is 10.7 Å². The Labute approximate surface area is 201 Å². The second kappa shape index (κ2) is 8.85.